The Labute approximate surface area is 125 Å². The predicted octanol–water partition coefficient (Wildman–Crippen LogP) is 2.94. The molecular weight excluding hydrogens is 283 g/mol. The van der Waals surface area contributed by atoms with Crippen molar-refractivity contribution >= 4 is 29.9 Å². The first-order valence-corrected chi connectivity index (χ1v) is 6.81. The molecule has 3 nitrogen and oxygen atoms in total. The third-order valence-corrected chi connectivity index (χ3v) is 3.61. The van der Waals surface area contributed by atoms with Crippen LogP contribution >= 0.6 is 24.0 Å². The van der Waals surface area contributed by atoms with E-state index in [1.165, 1.54) is 0 Å². The number of nitrogens with one attached hydrogen (secondary N) is 2. The first kappa shape index (κ1) is 16.3. The third-order valence-electron chi connectivity index (χ3n) is 3.38. The predicted molar refractivity (Wildman–Crippen MR) is 80.9 cm³/mol. The maximum Gasteiger partial charge on any atom is 0.224 e. The number of piperidine rings is 1. The maximum absolute atomic E-state index is 12.1. The molecule has 1 amide bonds. The number of carbonyl (C=O) groups excluding carboxylic acids is 1. The fraction of sp³-hybridized carbons (Fsp3) is 0.500. The average Bonchev–Trinajstić information content (AvgIpc) is 2.39. The van der Waals surface area contributed by atoms with Crippen molar-refractivity contribution in [3.63, 3.8) is 0 Å². The van der Waals surface area contributed by atoms with Gasteiger partial charge in [0.05, 0.1) is 12.0 Å². The van der Waals surface area contributed by atoms with Crippen molar-refractivity contribution in [1.29, 1.82) is 0 Å². The van der Waals surface area contributed by atoms with Gasteiger partial charge in [0, 0.05) is 11.6 Å². The molecule has 1 aromatic rings. The van der Waals surface area contributed by atoms with Gasteiger partial charge in [-0.2, -0.15) is 0 Å². The van der Waals surface area contributed by atoms with Crippen LogP contribution in [0.3, 0.4) is 0 Å². The molecule has 1 heterocycles. The SMILES string of the molecule is CC(NC(=O)[C@@H]1CCCNC1)c1cccc(Cl)c1.Cl. The van der Waals surface area contributed by atoms with Crippen LogP contribution < -0.4 is 10.6 Å². The van der Waals surface area contributed by atoms with Crippen LogP contribution in [0.15, 0.2) is 24.3 Å². The highest BCUT2D eigenvalue weighted by molar-refractivity contribution is 6.30. The lowest BCUT2D eigenvalue weighted by Crippen LogP contribution is -2.41. The zero-order valence-corrected chi connectivity index (χ0v) is 12.6. The van der Waals surface area contributed by atoms with Crippen molar-refractivity contribution in [3.05, 3.63) is 34.9 Å². The summed E-state index contributed by atoms with van der Waals surface area (Å²) >= 11 is 5.95. The minimum absolute atomic E-state index is 0. The fourth-order valence-electron chi connectivity index (χ4n) is 2.27. The molecule has 19 heavy (non-hydrogen) atoms. The molecule has 106 valence electrons. The fourth-order valence-corrected chi connectivity index (χ4v) is 2.46. The van der Waals surface area contributed by atoms with Crippen LogP contribution in [0.25, 0.3) is 0 Å². The molecule has 2 N–H and O–H groups in total. The molecule has 1 fully saturated rings. The average molecular weight is 303 g/mol. The van der Waals surface area contributed by atoms with Gasteiger partial charge in [-0.05, 0) is 44.0 Å². The molecule has 5 heteroatoms. The quantitative estimate of drug-likeness (QED) is 0.901. The maximum atomic E-state index is 12.1. The molecule has 1 aliphatic heterocycles. The standard InChI is InChI=1S/C14H19ClN2O.ClH/c1-10(11-4-2-6-13(15)8-11)17-14(18)12-5-3-7-16-9-12;/h2,4,6,8,10,12,16H,3,5,7,9H2,1H3,(H,17,18);1H/t10?,12-;/m1./s1. The summed E-state index contributed by atoms with van der Waals surface area (Å²) in [5.41, 5.74) is 1.04. The molecular formula is C14H20Cl2N2O. The molecule has 2 atom stereocenters. The molecule has 0 aliphatic carbocycles. The van der Waals surface area contributed by atoms with Crippen LogP contribution in [0.5, 0.6) is 0 Å². The Morgan fingerprint density at radius 1 is 1.53 bits per heavy atom. The van der Waals surface area contributed by atoms with Crippen molar-refractivity contribution in [1.82, 2.24) is 10.6 Å². The lowest BCUT2D eigenvalue weighted by Gasteiger charge is -2.24. The Morgan fingerprint density at radius 2 is 2.32 bits per heavy atom. The summed E-state index contributed by atoms with van der Waals surface area (Å²) in [4.78, 5) is 12.1. The highest BCUT2D eigenvalue weighted by Crippen LogP contribution is 2.18. The number of carbonyl (C=O) groups is 1. The molecule has 1 aromatic carbocycles. The lowest BCUT2D eigenvalue weighted by atomic mass is 9.98. The largest absolute Gasteiger partial charge is 0.349 e. The normalized spacial score (nSPS) is 20.2. The van der Waals surface area contributed by atoms with Gasteiger partial charge in [-0.1, -0.05) is 23.7 Å². The van der Waals surface area contributed by atoms with E-state index in [2.05, 4.69) is 10.6 Å². The van der Waals surface area contributed by atoms with E-state index in [1.807, 2.05) is 31.2 Å². The molecule has 2 rings (SSSR count). The number of amides is 1. The van der Waals surface area contributed by atoms with E-state index in [1.54, 1.807) is 0 Å². The highest BCUT2D eigenvalue weighted by atomic mass is 35.5. The van der Waals surface area contributed by atoms with E-state index in [-0.39, 0.29) is 30.3 Å². The molecule has 0 aromatic heterocycles. The van der Waals surface area contributed by atoms with E-state index in [9.17, 15) is 4.79 Å². The topological polar surface area (TPSA) is 41.1 Å². The number of benzene rings is 1. The molecule has 0 spiro atoms. The molecule has 1 unspecified atom stereocenters. The second-order valence-corrected chi connectivity index (χ2v) is 5.26. The Bertz CT molecular complexity index is 420. The van der Waals surface area contributed by atoms with Crippen molar-refractivity contribution < 1.29 is 4.79 Å². The highest BCUT2D eigenvalue weighted by Gasteiger charge is 2.22. The minimum Gasteiger partial charge on any atom is -0.349 e. The minimum atomic E-state index is -0.00173. The van der Waals surface area contributed by atoms with Crippen LogP contribution in [0.1, 0.15) is 31.4 Å². The third kappa shape index (κ3) is 4.68. The van der Waals surface area contributed by atoms with Gasteiger partial charge >= 0.3 is 0 Å². The van der Waals surface area contributed by atoms with Crippen LogP contribution in [0.2, 0.25) is 5.02 Å². The smallest absolute Gasteiger partial charge is 0.224 e. The summed E-state index contributed by atoms with van der Waals surface area (Å²) in [6, 6.07) is 7.62. The van der Waals surface area contributed by atoms with Crippen LogP contribution in [-0.2, 0) is 4.79 Å². The number of hydrogen-bond acceptors (Lipinski definition) is 2. The van der Waals surface area contributed by atoms with E-state index >= 15 is 0 Å². The summed E-state index contributed by atoms with van der Waals surface area (Å²) in [7, 11) is 0. The van der Waals surface area contributed by atoms with Gasteiger partial charge in [0.1, 0.15) is 0 Å². The summed E-state index contributed by atoms with van der Waals surface area (Å²) < 4.78 is 0. The van der Waals surface area contributed by atoms with Crippen molar-refractivity contribution in [3.8, 4) is 0 Å². The monoisotopic (exact) mass is 302 g/mol. The summed E-state index contributed by atoms with van der Waals surface area (Å²) in [6.07, 6.45) is 2.05. The van der Waals surface area contributed by atoms with Crippen LogP contribution in [0, 0.1) is 5.92 Å². The van der Waals surface area contributed by atoms with Crippen molar-refractivity contribution in [2.45, 2.75) is 25.8 Å². The van der Waals surface area contributed by atoms with E-state index in [4.69, 9.17) is 11.6 Å². The second-order valence-electron chi connectivity index (χ2n) is 4.83. The molecule has 0 radical (unpaired) electrons. The Balaban J connectivity index is 0.00000180. The number of hydrogen-bond donors (Lipinski definition) is 2. The van der Waals surface area contributed by atoms with Gasteiger partial charge in [-0.3, -0.25) is 4.79 Å². The first-order valence-electron chi connectivity index (χ1n) is 6.43. The van der Waals surface area contributed by atoms with E-state index in [0.29, 0.717) is 5.02 Å². The molecule has 1 saturated heterocycles. The number of rotatable bonds is 3. The molecule has 0 saturated carbocycles. The van der Waals surface area contributed by atoms with E-state index in [0.717, 1.165) is 31.5 Å². The van der Waals surface area contributed by atoms with Crippen molar-refractivity contribution in [2.75, 3.05) is 13.1 Å². The van der Waals surface area contributed by atoms with E-state index < -0.39 is 0 Å². The van der Waals surface area contributed by atoms with Gasteiger partial charge in [-0.25, -0.2) is 0 Å². The van der Waals surface area contributed by atoms with Gasteiger partial charge in [0.2, 0.25) is 5.91 Å². The van der Waals surface area contributed by atoms with Gasteiger partial charge in [0.15, 0.2) is 0 Å². The zero-order valence-electron chi connectivity index (χ0n) is 11.0. The Hall–Kier alpha value is -0.770. The Kier molecular flexibility index (Phi) is 6.63. The lowest BCUT2D eigenvalue weighted by molar-refractivity contribution is -0.126. The van der Waals surface area contributed by atoms with Gasteiger partial charge in [0.25, 0.3) is 0 Å². The summed E-state index contributed by atoms with van der Waals surface area (Å²) in [6.45, 7) is 3.79. The molecule has 0 bridgehead atoms. The summed E-state index contributed by atoms with van der Waals surface area (Å²) in [5.74, 6) is 0.232. The zero-order chi connectivity index (χ0) is 13.0. The van der Waals surface area contributed by atoms with Crippen molar-refractivity contribution in [2.24, 2.45) is 5.92 Å². The first-order chi connectivity index (χ1) is 8.66. The summed E-state index contributed by atoms with van der Waals surface area (Å²) in [5, 5.41) is 7.01. The second kappa shape index (κ2) is 7.73. The van der Waals surface area contributed by atoms with Crippen LogP contribution in [-0.4, -0.2) is 19.0 Å². The van der Waals surface area contributed by atoms with Gasteiger partial charge < -0.3 is 10.6 Å². The molecule has 1 aliphatic rings. The van der Waals surface area contributed by atoms with Gasteiger partial charge in [-0.15, -0.1) is 12.4 Å². The Morgan fingerprint density at radius 3 is 2.95 bits per heavy atom. The van der Waals surface area contributed by atoms with Crippen LogP contribution in [0.4, 0.5) is 0 Å². The number of halogens is 2.